The monoisotopic (exact) mass is 252 g/mol. The Morgan fingerprint density at radius 1 is 1.33 bits per heavy atom. The molecule has 4 atom stereocenters. The van der Waals surface area contributed by atoms with Crippen molar-refractivity contribution >= 4 is 5.91 Å². The van der Waals surface area contributed by atoms with Crippen LogP contribution in [0.15, 0.2) is 0 Å². The number of amides is 1. The van der Waals surface area contributed by atoms with E-state index >= 15 is 0 Å². The number of nitrogens with one attached hydrogen (secondary N) is 1. The van der Waals surface area contributed by atoms with Gasteiger partial charge in [-0.2, -0.15) is 0 Å². The molecule has 1 aliphatic heterocycles. The maximum absolute atomic E-state index is 11.6. The van der Waals surface area contributed by atoms with Gasteiger partial charge in [0.2, 0.25) is 5.91 Å². The Bertz CT molecular complexity index is 292. The first-order valence-electron chi connectivity index (χ1n) is 7.61. The van der Waals surface area contributed by atoms with Crippen molar-refractivity contribution in [1.29, 1.82) is 0 Å². The maximum Gasteiger partial charge on any atom is 0.222 e. The highest BCUT2D eigenvalue weighted by Crippen LogP contribution is 2.29. The maximum atomic E-state index is 11.6. The SMILES string of the molecule is CC(CN1CCCC1=O)NC1CCCC(C)C1C. The molecule has 1 saturated heterocycles. The van der Waals surface area contributed by atoms with E-state index in [0.717, 1.165) is 37.8 Å². The molecule has 0 aromatic heterocycles. The second-order valence-corrected chi connectivity index (χ2v) is 6.38. The number of likely N-dealkylation sites (tertiary alicyclic amines) is 1. The molecule has 3 heteroatoms. The summed E-state index contributed by atoms with van der Waals surface area (Å²) in [5.74, 6) is 1.93. The van der Waals surface area contributed by atoms with Crippen LogP contribution in [0.25, 0.3) is 0 Å². The van der Waals surface area contributed by atoms with E-state index in [-0.39, 0.29) is 0 Å². The molecule has 3 nitrogen and oxygen atoms in total. The van der Waals surface area contributed by atoms with Gasteiger partial charge in [-0.25, -0.2) is 0 Å². The highest BCUT2D eigenvalue weighted by atomic mass is 16.2. The Balaban J connectivity index is 1.79. The van der Waals surface area contributed by atoms with Gasteiger partial charge in [0.15, 0.2) is 0 Å². The molecule has 0 spiro atoms. The molecule has 18 heavy (non-hydrogen) atoms. The van der Waals surface area contributed by atoms with E-state index in [2.05, 4.69) is 26.1 Å². The third-order valence-corrected chi connectivity index (χ3v) is 4.87. The van der Waals surface area contributed by atoms with Crippen molar-refractivity contribution in [3.63, 3.8) is 0 Å². The zero-order valence-corrected chi connectivity index (χ0v) is 12.1. The molecule has 1 amide bonds. The third kappa shape index (κ3) is 3.25. The third-order valence-electron chi connectivity index (χ3n) is 4.87. The van der Waals surface area contributed by atoms with Gasteiger partial charge in [0.05, 0.1) is 0 Å². The smallest absolute Gasteiger partial charge is 0.222 e. The Morgan fingerprint density at radius 3 is 2.78 bits per heavy atom. The lowest BCUT2D eigenvalue weighted by Crippen LogP contribution is -2.48. The van der Waals surface area contributed by atoms with E-state index < -0.39 is 0 Å². The summed E-state index contributed by atoms with van der Waals surface area (Å²) in [6.07, 6.45) is 5.81. The fourth-order valence-corrected chi connectivity index (χ4v) is 3.46. The first kappa shape index (κ1) is 13.9. The van der Waals surface area contributed by atoms with Crippen LogP contribution in [0.1, 0.15) is 52.9 Å². The van der Waals surface area contributed by atoms with Gasteiger partial charge in [-0.3, -0.25) is 4.79 Å². The van der Waals surface area contributed by atoms with E-state index in [1.54, 1.807) is 0 Å². The van der Waals surface area contributed by atoms with E-state index in [9.17, 15) is 4.79 Å². The van der Waals surface area contributed by atoms with E-state index in [4.69, 9.17) is 0 Å². The van der Waals surface area contributed by atoms with Gasteiger partial charge >= 0.3 is 0 Å². The topological polar surface area (TPSA) is 32.3 Å². The minimum absolute atomic E-state index is 0.341. The summed E-state index contributed by atoms with van der Waals surface area (Å²) in [7, 11) is 0. The van der Waals surface area contributed by atoms with Crippen LogP contribution in [0.3, 0.4) is 0 Å². The lowest BCUT2D eigenvalue weighted by molar-refractivity contribution is -0.128. The fourth-order valence-electron chi connectivity index (χ4n) is 3.46. The molecule has 1 aliphatic carbocycles. The summed E-state index contributed by atoms with van der Waals surface area (Å²) in [5, 5.41) is 3.75. The van der Waals surface area contributed by atoms with Gasteiger partial charge in [0.1, 0.15) is 0 Å². The average Bonchev–Trinajstić information content (AvgIpc) is 2.71. The minimum Gasteiger partial charge on any atom is -0.341 e. The van der Waals surface area contributed by atoms with Crippen LogP contribution in [0, 0.1) is 11.8 Å². The molecule has 2 rings (SSSR count). The molecule has 0 aromatic carbocycles. The highest BCUT2D eigenvalue weighted by molar-refractivity contribution is 5.78. The lowest BCUT2D eigenvalue weighted by atomic mass is 9.78. The minimum atomic E-state index is 0.341. The van der Waals surface area contributed by atoms with E-state index in [1.807, 2.05) is 4.90 Å². The molecule has 104 valence electrons. The molecule has 1 saturated carbocycles. The molecule has 1 heterocycles. The second kappa shape index (κ2) is 6.05. The molecular weight excluding hydrogens is 224 g/mol. The van der Waals surface area contributed by atoms with Crippen molar-refractivity contribution in [2.75, 3.05) is 13.1 Å². The van der Waals surface area contributed by atoms with E-state index in [0.29, 0.717) is 18.0 Å². The zero-order chi connectivity index (χ0) is 13.1. The quantitative estimate of drug-likeness (QED) is 0.833. The molecule has 0 radical (unpaired) electrons. The van der Waals surface area contributed by atoms with Crippen LogP contribution in [0.4, 0.5) is 0 Å². The predicted molar refractivity (Wildman–Crippen MR) is 74.4 cm³/mol. The van der Waals surface area contributed by atoms with Crippen molar-refractivity contribution < 1.29 is 4.79 Å². The number of hydrogen-bond acceptors (Lipinski definition) is 2. The molecule has 2 fully saturated rings. The summed E-state index contributed by atoms with van der Waals surface area (Å²) in [6, 6.07) is 1.06. The molecule has 1 N–H and O–H groups in total. The van der Waals surface area contributed by atoms with Crippen LogP contribution in [0.2, 0.25) is 0 Å². The summed E-state index contributed by atoms with van der Waals surface area (Å²) < 4.78 is 0. The number of carbonyl (C=O) groups excluding carboxylic acids is 1. The fraction of sp³-hybridized carbons (Fsp3) is 0.933. The summed E-state index contributed by atoms with van der Waals surface area (Å²) in [5.41, 5.74) is 0. The first-order chi connectivity index (χ1) is 8.58. The normalized spacial score (nSPS) is 34.9. The summed E-state index contributed by atoms with van der Waals surface area (Å²) in [6.45, 7) is 8.80. The standard InChI is InChI=1S/C15H28N2O/c1-11-6-4-7-14(13(11)3)16-12(2)10-17-9-5-8-15(17)18/h11-14,16H,4-10H2,1-3H3. The molecule has 4 unspecified atom stereocenters. The van der Waals surface area contributed by atoms with Gasteiger partial charge in [-0.1, -0.05) is 26.7 Å². The van der Waals surface area contributed by atoms with Crippen LogP contribution in [0.5, 0.6) is 0 Å². The largest absolute Gasteiger partial charge is 0.341 e. The van der Waals surface area contributed by atoms with Gasteiger partial charge in [-0.05, 0) is 31.6 Å². The number of hydrogen-bond donors (Lipinski definition) is 1. The van der Waals surface area contributed by atoms with Gasteiger partial charge in [0, 0.05) is 31.6 Å². The van der Waals surface area contributed by atoms with Crippen molar-refractivity contribution in [2.24, 2.45) is 11.8 Å². The van der Waals surface area contributed by atoms with E-state index in [1.165, 1.54) is 19.3 Å². The predicted octanol–water partition coefficient (Wildman–Crippen LogP) is 2.41. The first-order valence-corrected chi connectivity index (χ1v) is 7.61. The van der Waals surface area contributed by atoms with Crippen LogP contribution < -0.4 is 5.32 Å². The second-order valence-electron chi connectivity index (χ2n) is 6.38. The molecular formula is C15H28N2O. The van der Waals surface area contributed by atoms with Crippen LogP contribution in [-0.4, -0.2) is 36.0 Å². The zero-order valence-electron chi connectivity index (χ0n) is 12.1. The highest BCUT2D eigenvalue weighted by Gasteiger charge is 2.29. The molecule has 0 bridgehead atoms. The number of carbonyl (C=O) groups is 1. The Morgan fingerprint density at radius 2 is 2.11 bits per heavy atom. The van der Waals surface area contributed by atoms with Gasteiger partial charge in [-0.15, -0.1) is 0 Å². The van der Waals surface area contributed by atoms with Gasteiger partial charge < -0.3 is 10.2 Å². The van der Waals surface area contributed by atoms with Gasteiger partial charge in [0.25, 0.3) is 0 Å². The Kier molecular flexibility index (Phi) is 4.66. The van der Waals surface area contributed by atoms with Crippen molar-refractivity contribution in [3.8, 4) is 0 Å². The Hall–Kier alpha value is -0.570. The number of rotatable bonds is 4. The summed E-state index contributed by atoms with van der Waals surface area (Å²) >= 11 is 0. The van der Waals surface area contributed by atoms with Crippen molar-refractivity contribution in [2.45, 2.75) is 65.0 Å². The average molecular weight is 252 g/mol. The molecule has 2 aliphatic rings. The van der Waals surface area contributed by atoms with Crippen molar-refractivity contribution in [3.05, 3.63) is 0 Å². The Labute approximate surface area is 111 Å². The van der Waals surface area contributed by atoms with Crippen LogP contribution >= 0.6 is 0 Å². The van der Waals surface area contributed by atoms with Crippen LogP contribution in [-0.2, 0) is 4.79 Å². The molecule has 0 aromatic rings. The lowest BCUT2D eigenvalue weighted by Gasteiger charge is -2.37. The summed E-state index contributed by atoms with van der Waals surface area (Å²) in [4.78, 5) is 13.6. The van der Waals surface area contributed by atoms with Crippen molar-refractivity contribution in [1.82, 2.24) is 10.2 Å². The number of nitrogens with zero attached hydrogens (tertiary/aromatic N) is 1.